The van der Waals surface area contributed by atoms with E-state index in [1.807, 2.05) is 19.2 Å². The molecule has 0 radical (unpaired) electrons. The second kappa shape index (κ2) is 5.53. The molecule has 18 heavy (non-hydrogen) atoms. The van der Waals surface area contributed by atoms with E-state index in [0.717, 1.165) is 17.8 Å². The number of nitrogens with zero attached hydrogens (tertiary/aromatic N) is 1. The van der Waals surface area contributed by atoms with Crippen LogP contribution < -0.4 is 4.90 Å². The Morgan fingerprint density at radius 2 is 1.78 bits per heavy atom. The van der Waals surface area contributed by atoms with E-state index < -0.39 is 0 Å². The molecule has 2 aromatic carbocycles. The maximum Gasteiger partial charge on any atom is 0.137 e. The van der Waals surface area contributed by atoms with E-state index in [2.05, 4.69) is 52.0 Å². The molecule has 2 aromatic rings. The standard InChI is InChI=1S/C15H15BrFN/c1-11-3-6-13(7-4-11)18(2)10-12-5-8-15(17)14(16)9-12/h3-9H,10H2,1-2H3. The van der Waals surface area contributed by atoms with Gasteiger partial charge in [0.25, 0.3) is 0 Å². The van der Waals surface area contributed by atoms with Gasteiger partial charge in [0.15, 0.2) is 0 Å². The molecule has 0 aliphatic rings. The molecule has 2 rings (SSSR count). The monoisotopic (exact) mass is 307 g/mol. The first-order chi connectivity index (χ1) is 8.56. The molecule has 0 aromatic heterocycles. The first-order valence-corrected chi connectivity index (χ1v) is 6.57. The lowest BCUT2D eigenvalue weighted by molar-refractivity contribution is 0.620. The van der Waals surface area contributed by atoms with Crippen LogP contribution in [0.3, 0.4) is 0 Å². The van der Waals surface area contributed by atoms with Crippen LogP contribution >= 0.6 is 15.9 Å². The summed E-state index contributed by atoms with van der Waals surface area (Å²) in [5, 5.41) is 0. The van der Waals surface area contributed by atoms with Crippen molar-refractivity contribution < 1.29 is 4.39 Å². The van der Waals surface area contributed by atoms with Crippen LogP contribution in [0.25, 0.3) is 0 Å². The van der Waals surface area contributed by atoms with Gasteiger partial charge in [-0.3, -0.25) is 0 Å². The summed E-state index contributed by atoms with van der Waals surface area (Å²) >= 11 is 3.21. The number of halogens is 2. The molecule has 0 aliphatic heterocycles. The Kier molecular flexibility index (Phi) is 4.02. The van der Waals surface area contributed by atoms with Crippen LogP contribution in [0.1, 0.15) is 11.1 Å². The summed E-state index contributed by atoms with van der Waals surface area (Å²) in [6.07, 6.45) is 0. The first-order valence-electron chi connectivity index (χ1n) is 5.78. The van der Waals surface area contributed by atoms with Crippen LogP contribution in [0, 0.1) is 12.7 Å². The van der Waals surface area contributed by atoms with Crippen LogP contribution in [0.5, 0.6) is 0 Å². The Morgan fingerprint density at radius 1 is 1.11 bits per heavy atom. The Balaban J connectivity index is 2.13. The zero-order valence-electron chi connectivity index (χ0n) is 10.5. The van der Waals surface area contributed by atoms with E-state index in [-0.39, 0.29) is 5.82 Å². The first kappa shape index (κ1) is 13.1. The van der Waals surface area contributed by atoms with Gasteiger partial charge >= 0.3 is 0 Å². The van der Waals surface area contributed by atoms with Crippen molar-refractivity contribution in [1.29, 1.82) is 0 Å². The summed E-state index contributed by atoms with van der Waals surface area (Å²) in [5.74, 6) is -0.225. The molecule has 1 nitrogen and oxygen atoms in total. The molecule has 0 saturated carbocycles. The van der Waals surface area contributed by atoms with Gasteiger partial charge in [0.2, 0.25) is 0 Å². The zero-order chi connectivity index (χ0) is 13.1. The highest BCUT2D eigenvalue weighted by atomic mass is 79.9. The fourth-order valence-corrected chi connectivity index (χ4v) is 2.23. The van der Waals surface area contributed by atoms with Crippen LogP contribution in [-0.2, 0) is 6.54 Å². The van der Waals surface area contributed by atoms with Gasteiger partial charge in [-0.15, -0.1) is 0 Å². The number of anilines is 1. The van der Waals surface area contributed by atoms with E-state index >= 15 is 0 Å². The molecule has 0 spiro atoms. The smallest absolute Gasteiger partial charge is 0.137 e. The van der Waals surface area contributed by atoms with Gasteiger partial charge in [-0.05, 0) is 52.7 Å². The molecule has 0 N–H and O–H groups in total. The second-order valence-electron chi connectivity index (χ2n) is 4.44. The van der Waals surface area contributed by atoms with Gasteiger partial charge in [0.1, 0.15) is 5.82 Å². The quantitative estimate of drug-likeness (QED) is 0.805. The summed E-state index contributed by atoms with van der Waals surface area (Å²) < 4.78 is 13.7. The van der Waals surface area contributed by atoms with Crippen LogP contribution in [0.2, 0.25) is 0 Å². The number of hydrogen-bond donors (Lipinski definition) is 0. The maximum absolute atomic E-state index is 13.1. The summed E-state index contributed by atoms with van der Waals surface area (Å²) in [7, 11) is 2.03. The Labute approximate surface area is 115 Å². The minimum Gasteiger partial charge on any atom is -0.370 e. The van der Waals surface area contributed by atoms with E-state index in [1.54, 1.807) is 0 Å². The van der Waals surface area contributed by atoms with Crippen molar-refractivity contribution in [2.45, 2.75) is 13.5 Å². The Morgan fingerprint density at radius 3 is 2.39 bits per heavy atom. The summed E-state index contributed by atoms with van der Waals surface area (Å²) in [6.45, 7) is 2.82. The third-order valence-electron chi connectivity index (χ3n) is 2.88. The molecule has 94 valence electrons. The van der Waals surface area contributed by atoms with E-state index in [4.69, 9.17) is 0 Å². The van der Waals surface area contributed by atoms with Crippen LogP contribution in [-0.4, -0.2) is 7.05 Å². The molecule has 0 bridgehead atoms. The van der Waals surface area contributed by atoms with Crippen molar-refractivity contribution in [3.8, 4) is 0 Å². The number of hydrogen-bond acceptors (Lipinski definition) is 1. The SMILES string of the molecule is Cc1ccc(N(C)Cc2ccc(F)c(Br)c2)cc1. The van der Waals surface area contributed by atoms with Crippen molar-refractivity contribution in [2.75, 3.05) is 11.9 Å². The number of rotatable bonds is 3. The van der Waals surface area contributed by atoms with E-state index in [0.29, 0.717) is 4.47 Å². The molecular weight excluding hydrogens is 293 g/mol. The summed E-state index contributed by atoms with van der Waals surface area (Å²) in [6, 6.07) is 13.5. The van der Waals surface area contributed by atoms with Crippen LogP contribution in [0.15, 0.2) is 46.9 Å². The molecule has 0 amide bonds. The normalized spacial score (nSPS) is 10.4. The highest BCUT2D eigenvalue weighted by Gasteiger charge is 2.04. The lowest BCUT2D eigenvalue weighted by Crippen LogP contribution is -2.16. The van der Waals surface area contributed by atoms with Gasteiger partial charge in [0, 0.05) is 19.3 Å². The molecule has 0 atom stereocenters. The van der Waals surface area contributed by atoms with Gasteiger partial charge in [-0.2, -0.15) is 0 Å². The van der Waals surface area contributed by atoms with Crippen molar-refractivity contribution in [3.05, 3.63) is 63.9 Å². The lowest BCUT2D eigenvalue weighted by Gasteiger charge is -2.19. The van der Waals surface area contributed by atoms with Gasteiger partial charge in [-0.25, -0.2) is 4.39 Å². The number of benzene rings is 2. The van der Waals surface area contributed by atoms with Gasteiger partial charge in [0.05, 0.1) is 4.47 Å². The molecular formula is C15H15BrFN. The topological polar surface area (TPSA) is 3.24 Å². The summed E-state index contributed by atoms with van der Waals surface area (Å²) in [4.78, 5) is 2.14. The highest BCUT2D eigenvalue weighted by molar-refractivity contribution is 9.10. The predicted molar refractivity (Wildman–Crippen MR) is 77.4 cm³/mol. The minimum absolute atomic E-state index is 0.225. The second-order valence-corrected chi connectivity index (χ2v) is 5.29. The van der Waals surface area contributed by atoms with Crippen LogP contribution in [0.4, 0.5) is 10.1 Å². The molecule has 0 unspecified atom stereocenters. The highest BCUT2D eigenvalue weighted by Crippen LogP contribution is 2.20. The molecule has 0 saturated heterocycles. The fraction of sp³-hybridized carbons (Fsp3) is 0.200. The molecule has 0 heterocycles. The minimum atomic E-state index is -0.225. The third-order valence-corrected chi connectivity index (χ3v) is 3.49. The number of aryl methyl sites for hydroxylation is 1. The lowest BCUT2D eigenvalue weighted by atomic mass is 10.2. The van der Waals surface area contributed by atoms with Crippen molar-refractivity contribution in [3.63, 3.8) is 0 Å². The van der Waals surface area contributed by atoms with E-state index in [1.165, 1.54) is 11.6 Å². The fourth-order valence-electron chi connectivity index (χ4n) is 1.80. The Hall–Kier alpha value is -1.35. The molecule has 0 aliphatic carbocycles. The third kappa shape index (κ3) is 3.10. The van der Waals surface area contributed by atoms with E-state index in [9.17, 15) is 4.39 Å². The maximum atomic E-state index is 13.1. The Bertz CT molecular complexity index is 537. The molecule has 0 fully saturated rings. The van der Waals surface area contributed by atoms with Gasteiger partial charge in [-0.1, -0.05) is 23.8 Å². The zero-order valence-corrected chi connectivity index (χ0v) is 12.0. The average molecular weight is 308 g/mol. The predicted octanol–water partition coefficient (Wildman–Crippen LogP) is 4.53. The average Bonchev–Trinajstić information content (AvgIpc) is 2.34. The van der Waals surface area contributed by atoms with Crippen molar-refractivity contribution in [1.82, 2.24) is 0 Å². The molecule has 3 heteroatoms. The summed E-state index contributed by atoms with van der Waals surface area (Å²) in [5.41, 5.74) is 3.48. The van der Waals surface area contributed by atoms with Crippen molar-refractivity contribution in [2.24, 2.45) is 0 Å². The largest absolute Gasteiger partial charge is 0.370 e. The van der Waals surface area contributed by atoms with Crippen molar-refractivity contribution >= 4 is 21.6 Å². The van der Waals surface area contributed by atoms with Gasteiger partial charge < -0.3 is 4.90 Å².